The number of thiocarbonyl (C=S) groups is 1. The van der Waals surface area contributed by atoms with Crippen LogP contribution in [0.2, 0.25) is 0 Å². The van der Waals surface area contributed by atoms with Gasteiger partial charge in [-0.15, -0.1) is 16.8 Å². The summed E-state index contributed by atoms with van der Waals surface area (Å²) in [6.07, 6.45) is 0.201. The summed E-state index contributed by atoms with van der Waals surface area (Å²) in [4.78, 5) is 17.8. The monoisotopic (exact) mass is 417 g/mol. The Morgan fingerprint density at radius 2 is 1.82 bits per heavy atom. The number of hydroxylamine groups is 2. The first-order valence-corrected chi connectivity index (χ1v) is 10.4. The third-order valence-corrected chi connectivity index (χ3v) is 6.38. The van der Waals surface area contributed by atoms with Crippen LogP contribution in [0.5, 0.6) is 17.2 Å². The maximum absolute atomic E-state index is 11.8. The molecule has 0 saturated carbocycles. The van der Waals surface area contributed by atoms with Crippen molar-refractivity contribution >= 4 is 34.6 Å². The molecule has 1 saturated heterocycles. The molecule has 0 N–H and O–H groups in total. The van der Waals surface area contributed by atoms with Gasteiger partial charge in [0.1, 0.15) is 18.1 Å². The number of para-hydroxylation sites is 3. The minimum atomic E-state index is -0.738. The Labute approximate surface area is 174 Å². The van der Waals surface area contributed by atoms with Crippen LogP contribution in [0.3, 0.4) is 0 Å². The van der Waals surface area contributed by atoms with Crippen molar-refractivity contribution in [1.82, 2.24) is 5.06 Å². The summed E-state index contributed by atoms with van der Waals surface area (Å²) in [5.41, 5.74) is 0. The third kappa shape index (κ3) is 4.66. The second kappa shape index (κ2) is 9.41. The van der Waals surface area contributed by atoms with Crippen molar-refractivity contribution in [3.8, 4) is 17.2 Å². The predicted molar refractivity (Wildman–Crippen MR) is 115 cm³/mol. The molecule has 1 heterocycles. The fourth-order valence-corrected chi connectivity index (χ4v) is 4.75. The Kier molecular flexibility index (Phi) is 6.93. The molecule has 1 unspecified atom stereocenters. The number of nitrogens with zero attached hydrogens (tertiary/aromatic N) is 1. The Morgan fingerprint density at radius 1 is 1.14 bits per heavy atom. The summed E-state index contributed by atoms with van der Waals surface area (Å²) in [7, 11) is 1.60. The molecule has 0 aromatic heterocycles. The van der Waals surface area contributed by atoms with E-state index in [1.807, 2.05) is 59.7 Å². The highest BCUT2D eigenvalue weighted by atomic mass is 32.2. The summed E-state index contributed by atoms with van der Waals surface area (Å²) in [6, 6.07) is 17.0. The van der Waals surface area contributed by atoms with Gasteiger partial charge in [-0.05, 0) is 31.2 Å². The molecule has 28 heavy (non-hydrogen) atoms. The predicted octanol–water partition coefficient (Wildman–Crippen LogP) is 4.16. The number of ketones is 1. The number of Topliss-reactive ketones (excluding diaryl/α,β-unsaturated/α-hetero) is 1. The summed E-state index contributed by atoms with van der Waals surface area (Å²) in [5, 5.41) is 1.84. The lowest BCUT2D eigenvalue weighted by atomic mass is 10.1. The van der Waals surface area contributed by atoms with Crippen molar-refractivity contribution in [3.63, 3.8) is 0 Å². The standard InChI is InChI=1S/C21H23NO4S2/c1-16(23)14-20(27)21(15-25-19-11-7-6-10-18(19)24-2)22(12-13-28-21)26-17-8-4-3-5-9-17/h3-11H,12-15H2,1-2H3. The minimum absolute atomic E-state index is 0.0221. The number of rotatable bonds is 9. The van der Waals surface area contributed by atoms with Crippen molar-refractivity contribution in [3.05, 3.63) is 54.6 Å². The van der Waals surface area contributed by atoms with Crippen LogP contribution < -0.4 is 14.3 Å². The molecule has 148 valence electrons. The van der Waals surface area contributed by atoms with E-state index < -0.39 is 4.87 Å². The van der Waals surface area contributed by atoms with Gasteiger partial charge in [0.25, 0.3) is 0 Å². The molecule has 2 aromatic rings. The van der Waals surface area contributed by atoms with E-state index in [1.165, 1.54) is 0 Å². The first kappa shape index (κ1) is 20.6. The molecule has 1 fully saturated rings. The Morgan fingerprint density at radius 3 is 2.50 bits per heavy atom. The van der Waals surface area contributed by atoms with Gasteiger partial charge in [0.15, 0.2) is 16.4 Å². The molecular formula is C21H23NO4S2. The number of methoxy groups -OCH3 is 1. The molecule has 1 aliphatic rings. The highest BCUT2D eigenvalue weighted by molar-refractivity contribution is 8.02. The van der Waals surface area contributed by atoms with Crippen molar-refractivity contribution in [2.75, 3.05) is 26.0 Å². The fraction of sp³-hybridized carbons (Fsp3) is 0.333. The molecule has 1 atom stereocenters. The molecule has 0 amide bonds. The molecule has 7 heteroatoms. The van der Waals surface area contributed by atoms with Gasteiger partial charge in [-0.25, -0.2) is 0 Å². The van der Waals surface area contributed by atoms with Crippen molar-refractivity contribution in [1.29, 1.82) is 0 Å². The van der Waals surface area contributed by atoms with Crippen molar-refractivity contribution in [2.24, 2.45) is 0 Å². The number of thioether (sulfide) groups is 1. The lowest BCUT2D eigenvalue weighted by molar-refractivity contribution is -0.116. The van der Waals surface area contributed by atoms with Crippen LogP contribution >= 0.6 is 24.0 Å². The van der Waals surface area contributed by atoms with Crippen LogP contribution in [-0.4, -0.2) is 46.6 Å². The van der Waals surface area contributed by atoms with E-state index in [1.54, 1.807) is 25.8 Å². The fourth-order valence-electron chi connectivity index (χ4n) is 2.97. The number of carbonyl (C=O) groups is 1. The lowest BCUT2D eigenvalue weighted by Gasteiger charge is -2.36. The van der Waals surface area contributed by atoms with Gasteiger partial charge in [0.05, 0.1) is 7.11 Å². The van der Waals surface area contributed by atoms with Crippen LogP contribution in [-0.2, 0) is 4.79 Å². The average Bonchev–Trinajstić information content (AvgIpc) is 3.10. The van der Waals surface area contributed by atoms with Gasteiger partial charge in [-0.3, -0.25) is 4.79 Å². The zero-order chi connectivity index (χ0) is 20.0. The summed E-state index contributed by atoms with van der Waals surface area (Å²) < 4.78 is 11.5. The molecule has 0 spiro atoms. The molecule has 0 aliphatic carbocycles. The van der Waals surface area contributed by atoms with Crippen molar-refractivity contribution in [2.45, 2.75) is 18.2 Å². The second-order valence-corrected chi connectivity index (χ2v) is 8.25. The van der Waals surface area contributed by atoms with Gasteiger partial charge >= 0.3 is 0 Å². The first-order chi connectivity index (χ1) is 13.5. The van der Waals surface area contributed by atoms with Gasteiger partial charge in [0.2, 0.25) is 0 Å². The van der Waals surface area contributed by atoms with Crippen molar-refractivity contribution < 1.29 is 19.1 Å². The lowest BCUT2D eigenvalue weighted by Crippen LogP contribution is -2.54. The van der Waals surface area contributed by atoms with E-state index in [-0.39, 0.29) is 18.8 Å². The zero-order valence-electron chi connectivity index (χ0n) is 15.9. The average molecular weight is 418 g/mol. The van der Waals surface area contributed by atoms with Crippen LogP contribution in [0.4, 0.5) is 0 Å². The number of ether oxygens (including phenoxy) is 2. The highest BCUT2D eigenvalue weighted by Crippen LogP contribution is 2.40. The number of hydrogen-bond acceptors (Lipinski definition) is 7. The number of carbonyl (C=O) groups excluding carboxylic acids is 1. The zero-order valence-corrected chi connectivity index (χ0v) is 17.6. The second-order valence-electron chi connectivity index (χ2n) is 6.38. The Balaban J connectivity index is 1.86. The Hall–Kier alpha value is -2.09. The third-order valence-electron chi connectivity index (χ3n) is 4.33. The normalized spacial score (nSPS) is 19.2. The van der Waals surface area contributed by atoms with Crippen LogP contribution in [0.15, 0.2) is 54.6 Å². The van der Waals surface area contributed by atoms with Crippen LogP contribution in [0.1, 0.15) is 13.3 Å². The maximum Gasteiger partial charge on any atom is 0.167 e. The van der Waals surface area contributed by atoms with E-state index in [0.29, 0.717) is 22.9 Å². The summed E-state index contributed by atoms with van der Waals surface area (Å²) >= 11 is 7.34. The largest absolute Gasteiger partial charge is 0.493 e. The summed E-state index contributed by atoms with van der Waals surface area (Å²) in [5.74, 6) is 2.84. The van der Waals surface area contributed by atoms with Gasteiger partial charge < -0.3 is 14.3 Å². The molecule has 2 aromatic carbocycles. The van der Waals surface area contributed by atoms with E-state index >= 15 is 0 Å². The molecular weight excluding hydrogens is 394 g/mol. The number of benzene rings is 2. The molecule has 0 bridgehead atoms. The van der Waals surface area contributed by atoms with E-state index in [9.17, 15) is 4.79 Å². The van der Waals surface area contributed by atoms with Crippen LogP contribution in [0.25, 0.3) is 0 Å². The Bertz CT molecular complexity index is 830. The minimum Gasteiger partial charge on any atom is -0.493 e. The quantitative estimate of drug-likeness (QED) is 0.568. The van der Waals surface area contributed by atoms with E-state index in [4.69, 9.17) is 26.5 Å². The van der Waals surface area contributed by atoms with Gasteiger partial charge in [0, 0.05) is 23.6 Å². The molecule has 5 nitrogen and oxygen atoms in total. The van der Waals surface area contributed by atoms with E-state index in [2.05, 4.69) is 0 Å². The molecule has 1 aliphatic heterocycles. The highest BCUT2D eigenvalue weighted by Gasteiger charge is 2.48. The summed E-state index contributed by atoms with van der Waals surface area (Å²) in [6.45, 7) is 2.47. The first-order valence-electron chi connectivity index (χ1n) is 8.98. The van der Waals surface area contributed by atoms with Gasteiger partial charge in [-0.1, -0.05) is 42.5 Å². The van der Waals surface area contributed by atoms with Crippen LogP contribution in [0, 0.1) is 0 Å². The maximum atomic E-state index is 11.8. The molecule has 0 radical (unpaired) electrons. The smallest absolute Gasteiger partial charge is 0.167 e. The topological polar surface area (TPSA) is 48.0 Å². The van der Waals surface area contributed by atoms with Gasteiger partial charge in [-0.2, -0.15) is 0 Å². The SMILES string of the molecule is COc1ccccc1OCC1(C(=S)CC(C)=O)SCCN1Oc1ccccc1. The molecule has 3 rings (SSSR count). The number of hydrogen-bond donors (Lipinski definition) is 0. The van der Waals surface area contributed by atoms with E-state index in [0.717, 1.165) is 11.5 Å².